The first-order valence-corrected chi connectivity index (χ1v) is 6.78. The van der Waals surface area contributed by atoms with Crippen molar-refractivity contribution in [1.82, 2.24) is 9.97 Å². The Morgan fingerprint density at radius 3 is 2.56 bits per heavy atom. The van der Waals surface area contributed by atoms with Gasteiger partial charge in [0.1, 0.15) is 12.1 Å². The lowest BCUT2D eigenvalue weighted by molar-refractivity contribution is 0.376. The molecular formula is C14H26N4. The summed E-state index contributed by atoms with van der Waals surface area (Å²) in [5.74, 6) is 1.02. The SMILES string of the molecule is CCCN(CC(C)(C)CN)c1cc(CC)ncn1. The van der Waals surface area contributed by atoms with Gasteiger partial charge in [0.25, 0.3) is 0 Å². The summed E-state index contributed by atoms with van der Waals surface area (Å²) in [6.07, 6.45) is 3.70. The molecule has 4 heteroatoms. The Labute approximate surface area is 111 Å². The fourth-order valence-electron chi connectivity index (χ4n) is 1.88. The first kappa shape index (κ1) is 14.9. The number of anilines is 1. The number of hydrogen-bond acceptors (Lipinski definition) is 4. The molecule has 0 radical (unpaired) electrons. The maximum Gasteiger partial charge on any atom is 0.132 e. The number of aryl methyl sites for hydroxylation is 1. The van der Waals surface area contributed by atoms with Crippen LogP contribution >= 0.6 is 0 Å². The number of nitrogens with zero attached hydrogens (tertiary/aromatic N) is 3. The first-order valence-electron chi connectivity index (χ1n) is 6.78. The molecule has 0 saturated heterocycles. The molecule has 0 atom stereocenters. The minimum Gasteiger partial charge on any atom is -0.356 e. The molecule has 1 rings (SSSR count). The fraction of sp³-hybridized carbons (Fsp3) is 0.714. The highest BCUT2D eigenvalue weighted by atomic mass is 15.2. The Morgan fingerprint density at radius 1 is 1.28 bits per heavy atom. The molecule has 0 bridgehead atoms. The summed E-state index contributed by atoms with van der Waals surface area (Å²) in [5, 5.41) is 0. The van der Waals surface area contributed by atoms with Crippen LogP contribution in [0, 0.1) is 5.41 Å². The quantitative estimate of drug-likeness (QED) is 0.806. The van der Waals surface area contributed by atoms with Crippen molar-refractivity contribution in [2.24, 2.45) is 11.1 Å². The Balaban J connectivity index is 2.89. The van der Waals surface area contributed by atoms with E-state index in [2.05, 4.69) is 48.6 Å². The van der Waals surface area contributed by atoms with Crippen molar-refractivity contribution >= 4 is 5.82 Å². The largest absolute Gasteiger partial charge is 0.356 e. The molecule has 4 nitrogen and oxygen atoms in total. The topological polar surface area (TPSA) is 55.0 Å². The van der Waals surface area contributed by atoms with Crippen molar-refractivity contribution in [1.29, 1.82) is 0 Å². The van der Waals surface area contributed by atoms with Gasteiger partial charge in [-0.2, -0.15) is 0 Å². The molecule has 0 spiro atoms. The molecule has 1 aromatic heterocycles. The lowest BCUT2D eigenvalue weighted by Crippen LogP contribution is -2.39. The van der Waals surface area contributed by atoms with Gasteiger partial charge in [-0.1, -0.05) is 27.7 Å². The summed E-state index contributed by atoms with van der Waals surface area (Å²) in [7, 11) is 0. The molecular weight excluding hydrogens is 224 g/mol. The molecule has 0 amide bonds. The number of hydrogen-bond donors (Lipinski definition) is 1. The van der Waals surface area contributed by atoms with E-state index in [0.29, 0.717) is 6.54 Å². The number of aromatic nitrogens is 2. The highest BCUT2D eigenvalue weighted by Gasteiger charge is 2.21. The minimum absolute atomic E-state index is 0.104. The zero-order valence-corrected chi connectivity index (χ0v) is 12.1. The van der Waals surface area contributed by atoms with Gasteiger partial charge >= 0.3 is 0 Å². The highest BCUT2D eigenvalue weighted by molar-refractivity contribution is 5.39. The fourth-order valence-corrected chi connectivity index (χ4v) is 1.88. The van der Waals surface area contributed by atoms with Crippen molar-refractivity contribution in [2.75, 3.05) is 24.5 Å². The Bertz CT molecular complexity index is 363. The van der Waals surface area contributed by atoms with Gasteiger partial charge in [0, 0.05) is 24.8 Å². The van der Waals surface area contributed by atoms with E-state index in [1.807, 2.05) is 0 Å². The number of nitrogens with two attached hydrogens (primary N) is 1. The molecule has 0 aliphatic rings. The van der Waals surface area contributed by atoms with Gasteiger partial charge in [-0.25, -0.2) is 9.97 Å². The van der Waals surface area contributed by atoms with Crippen molar-refractivity contribution in [3.05, 3.63) is 18.1 Å². The second-order valence-corrected chi connectivity index (χ2v) is 5.51. The Hall–Kier alpha value is -1.16. The molecule has 18 heavy (non-hydrogen) atoms. The van der Waals surface area contributed by atoms with Gasteiger partial charge in [-0.15, -0.1) is 0 Å². The smallest absolute Gasteiger partial charge is 0.132 e. The summed E-state index contributed by atoms with van der Waals surface area (Å²) in [5.41, 5.74) is 7.02. The van der Waals surface area contributed by atoms with E-state index in [1.54, 1.807) is 6.33 Å². The lowest BCUT2D eigenvalue weighted by atomic mass is 9.93. The summed E-state index contributed by atoms with van der Waals surface area (Å²) < 4.78 is 0. The average Bonchev–Trinajstić information content (AvgIpc) is 2.38. The molecule has 1 aromatic rings. The Kier molecular flexibility index (Phi) is 5.54. The molecule has 0 saturated carbocycles. The van der Waals surface area contributed by atoms with E-state index in [1.165, 1.54) is 0 Å². The van der Waals surface area contributed by atoms with Crippen LogP contribution in [0.3, 0.4) is 0 Å². The van der Waals surface area contributed by atoms with Crippen LogP contribution in [0.4, 0.5) is 5.82 Å². The first-order chi connectivity index (χ1) is 8.52. The zero-order chi connectivity index (χ0) is 13.6. The van der Waals surface area contributed by atoms with E-state index in [0.717, 1.165) is 37.4 Å². The highest BCUT2D eigenvalue weighted by Crippen LogP contribution is 2.20. The van der Waals surface area contributed by atoms with E-state index < -0.39 is 0 Å². The van der Waals surface area contributed by atoms with E-state index in [4.69, 9.17) is 5.73 Å². The predicted molar refractivity (Wildman–Crippen MR) is 76.7 cm³/mol. The van der Waals surface area contributed by atoms with Crippen LogP contribution in [0.15, 0.2) is 12.4 Å². The Morgan fingerprint density at radius 2 is 2.00 bits per heavy atom. The maximum atomic E-state index is 5.83. The molecule has 0 aliphatic heterocycles. The van der Waals surface area contributed by atoms with E-state index >= 15 is 0 Å². The summed E-state index contributed by atoms with van der Waals surface area (Å²) in [4.78, 5) is 11.0. The third-order valence-corrected chi connectivity index (χ3v) is 3.06. The summed E-state index contributed by atoms with van der Waals surface area (Å²) in [6, 6.07) is 2.09. The molecule has 0 aromatic carbocycles. The summed E-state index contributed by atoms with van der Waals surface area (Å²) in [6.45, 7) is 11.3. The van der Waals surface area contributed by atoms with Crippen LogP contribution in [-0.4, -0.2) is 29.6 Å². The molecule has 102 valence electrons. The van der Waals surface area contributed by atoms with Crippen molar-refractivity contribution in [3.63, 3.8) is 0 Å². The molecule has 0 aliphatic carbocycles. The van der Waals surface area contributed by atoms with Crippen LogP contribution < -0.4 is 10.6 Å². The van der Waals surface area contributed by atoms with Gasteiger partial charge in [0.05, 0.1) is 0 Å². The average molecular weight is 250 g/mol. The zero-order valence-electron chi connectivity index (χ0n) is 12.1. The second kappa shape index (κ2) is 6.69. The monoisotopic (exact) mass is 250 g/mol. The molecule has 0 fully saturated rings. The van der Waals surface area contributed by atoms with Gasteiger partial charge in [-0.3, -0.25) is 0 Å². The molecule has 2 N–H and O–H groups in total. The van der Waals surface area contributed by atoms with Crippen molar-refractivity contribution in [3.8, 4) is 0 Å². The number of rotatable bonds is 7. The van der Waals surface area contributed by atoms with Crippen LogP contribution in [0.25, 0.3) is 0 Å². The van der Waals surface area contributed by atoms with Gasteiger partial charge < -0.3 is 10.6 Å². The normalized spacial score (nSPS) is 11.6. The third kappa shape index (κ3) is 4.26. The second-order valence-electron chi connectivity index (χ2n) is 5.51. The minimum atomic E-state index is 0.104. The summed E-state index contributed by atoms with van der Waals surface area (Å²) >= 11 is 0. The van der Waals surface area contributed by atoms with E-state index in [-0.39, 0.29) is 5.41 Å². The van der Waals surface area contributed by atoms with Gasteiger partial charge in [-0.05, 0) is 24.8 Å². The van der Waals surface area contributed by atoms with Crippen LogP contribution in [0.2, 0.25) is 0 Å². The van der Waals surface area contributed by atoms with Crippen LogP contribution in [-0.2, 0) is 6.42 Å². The van der Waals surface area contributed by atoms with Crippen molar-refractivity contribution < 1.29 is 0 Å². The maximum absolute atomic E-state index is 5.83. The van der Waals surface area contributed by atoms with E-state index in [9.17, 15) is 0 Å². The molecule has 0 unspecified atom stereocenters. The molecule has 1 heterocycles. The lowest BCUT2D eigenvalue weighted by Gasteiger charge is -2.32. The van der Waals surface area contributed by atoms with Crippen LogP contribution in [0.1, 0.15) is 39.8 Å². The standard InChI is InChI=1S/C14H26N4/c1-5-7-18(10-14(3,4)9-15)13-8-12(6-2)16-11-17-13/h8,11H,5-7,9-10,15H2,1-4H3. The predicted octanol–water partition coefficient (Wildman–Crippen LogP) is 2.24. The van der Waals surface area contributed by atoms with Crippen molar-refractivity contribution in [2.45, 2.75) is 40.5 Å². The third-order valence-electron chi connectivity index (χ3n) is 3.06. The van der Waals surface area contributed by atoms with Gasteiger partial charge in [0.15, 0.2) is 0 Å². The van der Waals surface area contributed by atoms with Crippen LogP contribution in [0.5, 0.6) is 0 Å². The van der Waals surface area contributed by atoms with Gasteiger partial charge in [0.2, 0.25) is 0 Å².